The van der Waals surface area contributed by atoms with Crippen molar-refractivity contribution in [2.24, 2.45) is 0 Å². The monoisotopic (exact) mass is 369 g/mol. The number of nitrogens with one attached hydrogen (secondary N) is 2. The van der Waals surface area contributed by atoms with Gasteiger partial charge in [-0.2, -0.15) is 0 Å². The van der Waals surface area contributed by atoms with Gasteiger partial charge in [-0.15, -0.1) is 0 Å². The van der Waals surface area contributed by atoms with E-state index in [4.69, 9.17) is 17.0 Å². The van der Waals surface area contributed by atoms with Gasteiger partial charge in [0.1, 0.15) is 0 Å². The number of aryl methyl sites for hydroxylation is 2. The van der Waals surface area contributed by atoms with Gasteiger partial charge in [0.15, 0.2) is 5.11 Å². The molecule has 0 amide bonds. The van der Waals surface area contributed by atoms with Gasteiger partial charge in [0.25, 0.3) is 0 Å². The van der Waals surface area contributed by atoms with Crippen LogP contribution in [0.1, 0.15) is 22.3 Å². The van der Waals surface area contributed by atoms with Gasteiger partial charge in [-0.05, 0) is 54.4 Å². The minimum Gasteiger partial charge on any atom is -0.379 e. The Kier molecular flexibility index (Phi) is 6.61. The van der Waals surface area contributed by atoms with Gasteiger partial charge in [0.2, 0.25) is 0 Å². The van der Waals surface area contributed by atoms with Crippen molar-refractivity contribution >= 4 is 23.0 Å². The van der Waals surface area contributed by atoms with Gasteiger partial charge in [0, 0.05) is 31.9 Å². The molecule has 2 N–H and O–H groups in total. The zero-order valence-electron chi connectivity index (χ0n) is 15.5. The van der Waals surface area contributed by atoms with Crippen LogP contribution >= 0.6 is 12.2 Å². The van der Waals surface area contributed by atoms with E-state index in [2.05, 4.69) is 71.8 Å². The van der Waals surface area contributed by atoms with Crippen LogP contribution in [0.25, 0.3) is 0 Å². The van der Waals surface area contributed by atoms with Crippen LogP contribution in [0.5, 0.6) is 0 Å². The molecule has 1 aliphatic rings. The van der Waals surface area contributed by atoms with Crippen molar-refractivity contribution in [3.8, 4) is 0 Å². The molecule has 138 valence electrons. The van der Waals surface area contributed by atoms with Crippen molar-refractivity contribution in [3.63, 3.8) is 0 Å². The van der Waals surface area contributed by atoms with Crippen molar-refractivity contribution in [3.05, 3.63) is 64.7 Å². The van der Waals surface area contributed by atoms with Crippen LogP contribution in [-0.4, -0.2) is 36.3 Å². The molecule has 1 aliphatic heterocycles. The highest BCUT2D eigenvalue weighted by molar-refractivity contribution is 7.80. The van der Waals surface area contributed by atoms with E-state index < -0.39 is 0 Å². The number of hydrogen-bond donors (Lipinski definition) is 2. The fourth-order valence-corrected chi connectivity index (χ4v) is 3.18. The summed E-state index contributed by atoms with van der Waals surface area (Å²) in [5, 5.41) is 7.23. The lowest BCUT2D eigenvalue weighted by Gasteiger charge is -2.26. The number of rotatable bonds is 5. The third kappa shape index (κ3) is 5.53. The second kappa shape index (κ2) is 9.12. The van der Waals surface area contributed by atoms with Crippen molar-refractivity contribution < 1.29 is 4.74 Å². The van der Waals surface area contributed by atoms with Crippen molar-refractivity contribution in [1.82, 2.24) is 10.2 Å². The molecule has 1 fully saturated rings. The van der Waals surface area contributed by atoms with Crippen LogP contribution in [0.3, 0.4) is 0 Å². The molecule has 0 spiro atoms. The highest BCUT2D eigenvalue weighted by Crippen LogP contribution is 2.16. The molecule has 2 aromatic rings. The molecule has 1 saturated heterocycles. The molecule has 3 rings (SSSR count). The molecular formula is C21H27N3OS. The van der Waals surface area contributed by atoms with E-state index in [1.54, 1.807) is 0 Å². The minimum atomic E-state index is 0.649. The zero-order chi connectivity index (χ0) is 18.4. The number of morpholine rings is 1. The molecule has 0 bridgehead atoms. The predicted octanol–water partition coefficient (Wildman–Crippen LogP) is 3.62. The van der Waals surface area contributed by atoms with Crippen molar-refractivity contribution in [2.45, 2.75) is 26.9 Å². The van der Waals surface area contributed by atoms with Gasteiger partial charge in [-0.25, -0.2) is 0 Å². The van der Waals surface area contributed by atoms with Crippen LogP contribution in [0.15, 0.2) is 42.5 Å². The molecule has 2 aromatic carbocycles. The number of benzene rings is 2. The Morgan fingerprint density at radius 1 is 1.04 bits per heavy atom. The SMILES string of the molecule is Cc1ccc(C)c(NC(=S)NCc2ccc(CN3CCOCC3)cc2)c1. The van der Waals surface area contributed by atoms with Crippen molar-refractivity contribution in [2.75, 3.05) is 31.6 Å². The molecule has 5 heteroatoms. The smallest absolute Gasteiger partial charge is 0.171 e. The second-order valence-corrected chi connectivity index (χ2v) is 7.24. The van der Waals surface area contributed by atoms with Gasteiger partial charge < -0.3 is 15.4 Å². The summed E-state index contributed by atoms with van der Waals surface area (Å²) in [4.78, 5) is 2.43. The van der Waals surface area contributed by atoms with E-state index in [1.165, 1.54) is 22.3 Å². The minimum absolute atomic E-state index is 0.649. The van der Waals surface area contributed by atoms with Gasteiger partial charge in [0.05, 0.1) is 13.2 Å². The Hall–Kier alpha value is -1.95. The first-order valence-corrected chi connectivity index (χ1v) is 9.51. The molecule has 0 saturated carbocycles. The van der Waals surface area contributed by atoms with E-state index in [0.717, 1.165) is 38.5 Å². The Morgan fingerprint density at radius 2 is 1.73 bits per heavy atom. The Balaban J connectivity index is 1.48. The summed E-state index contributed by atoms with van der Waals surface area (Å²) < 4.78 is 5.40. The summed E-state index contributed by atoms with van der Waals surface area (Å²) in [7, 11) is 0. The number of thiocarbonyl (C=S) groups is 1. The maximum Gasteiger partial charge on any atom is 0.171 e. The largest absolute Gasteiger partial charge is 0.379 e. The molecule has 0 aliphatic carbocycles. The van der Waals surface area contributed by atoms with Gasteiger partial charge >= 0.3 is 0 Å². The molecule has 0 aromatic heterocycles. The zero-order valence-corrected chi connectivity index (χ0v) is 16.4. The van der Waals surface area contributed by atoms with Gasteiger partial charge in [-0.1, -0.05) is 36.4 Å². The first-order chi connectivity index (χ1) is 12.6. The average Bonchev–Trinajstić information content (AvgIpc) is 2.65. The molecule has 0 radical (unpaired) electrons. The van der Waals surface area contributed by atoms with Crippen LogP contribution in [-0.2, 0) is 17.8 Å². The molecule has 0 unspecified atom stereocenters. The van der Waals surface area contributed by atoms with Crippen LogP contribution in [0, 0.1) is 13.8 Å². The summed E-state index contributed by atoms with van der Waals surface area (Å²) in [6, 6.07) is 15.1. The molecule has 1 heterocycles. The summed E-state index contributed by atoms with van der Waals surface area (Å²) in [6.45, 7) is 9.58. The summed E-state index contributed by atoms with van der Waals surface area (Å²) in [5.74, 6) is 0. The Bertz CT molecular complexity index is 739. The lowest BCUT2D eigenvalue weighted by molar-refractivity contribution is 0.0342. The van der Waals surface area contributed by atoms with E-state index >= 15 is 0 Å². The number of nitrogens with zero attached hydrogens (tertiary/aromatic N) is 1. The Labute approximate surface area is 161 Å². The third-order valence-electron chi connectivity index (χ3n) is 4.63. The quantitative estimate of drug-likeness (QED) is 0.787. The fourth-order valence-electron chi connectivity index (χ4n) is 3.00. The lowest BCUT2D eigenvalue weighted by atomic mass is 10.1. The molecule has 26 heavy (non-hydrogen) atoms. The highest BCUT2D eigenvalue weighted by Gasteiger charge is 2.10. The van der Waals surface area contributed by atoms with Crippen LogP contribution < -0.4 is 10.6 Å². The highest BCUT2D eigenvalue weighted by atomic mass is 32.1. The van der Waals surface area contributed by atoms with Crippen LogP contribution in [0.4, 0.5) is 5.69 Å². The van der Waals surface area contributed by atoms with E-state index in [-0.39, 0.29) is 0 Å². The normalized spacial score (nSPS) is 14.8. The summed E-state index contributed by atoms with van der Waals surface area (Å²) >= 11 is 5.43. The second-order valence-electron chi connectivity index (χ2n) is 6.83. The molecule has 4 nitrogen and oxygen atoms in total. The average molecular weight is 370 g/mol. The van der Waals surface area contributed by atoms with Crippen molar-refractivity contribution in [1.29, 1.82) is 0 Å². The first kappa shape index (κ1) is 18.8. The first-order valence-electron chi connectivity index (χ1n) is 9.10. The number of ether oxygens (including phenoxy) is 1. The maximum absolute atomic E-state index is 5.43. The topological polar surface area (TPSA) is 36.5 Å². The summed E-state index contributed by atoms with van der Waals surface area (Å²) in [5.41, 5.74) is 6.03. The van der Waals surface area contributed by atoms with E-state index in [0.29, 0.717) is 11.7 Å². The lowest BCUT2D eigenvalue weighted by Crippen LogP contribution is -2.35. The standard InChI is InChI=1S/C21H27N3OS/c1-16-3-4-17(2)20(13-16)23-21(26)22-14-18-5-7-19(8-6-18)15-24-9-11-25-12-10-24/h3-8,13H,9-12,14-15H2,1-2H3,(H2,22,23,26). The Morgan fingerprint density at radius 3 is 2.46 bits per heavy atom. The molecular weight excluding hydrogens is 342 g/mol. The number of hydrogen-bond acceptors (Lipinski definition) is 3. The molecule has 0 atom stereocenters. The third-order valence-corrected chi connectivity index (χ3v) is 4.87. The number of anilines is 1. The fraction of sp³-hybridized carbons (Fsp3) is 0.381. The summed E-state index contributed by atoms with van der Waals surface area (Å²) in [6.07, 6.45) is 0. The predicted molar refractivity (Wildman–Crippen MR) is 112 cm³/mol. The maximum atomic E-state index is 5.43. The van der Waals surface area contributed by atoms with Crippen LogP contribution in [0.2, 0.25) is 0 Å². The van der Waals surface area contributed by atoms with Gasteiger partial charge in [-0.3, -0.25) is 4.90 Å². The van der Waals surface area contributed by atoms with E-state index in [9.17, 15) is 0 Å². The van der Waals surface area contributed by atoms with E-state index in [1.807, 2.05) is 0 Å².